The third kappa shape index (κ3) is 13.0. The number of likely N-dealkylation sites (N-methyl/N-ethyl adjacent to an activating group) is 1. The van der Waals surface area contributed by atoms with Crippen LogP contribution in [0.4, 0.5) is 35.6 Å². The van der Waals surface area contributed by atoms with Crippen LogP contribution in [0.2, 0.25) is 0 Å². The van der Waals surface area contributed by atoms with Gasteiger partial charge in [0.25, 0.3) is 0 Å². The number of nitrogens with one attached hydrogen (secondary N) is 1. The van der Waals surface area contributed by atoms with E-state index in [2.05, 4.69) is 48.1 Å². The second-order valence-corrected chi connectivity index (χ2v) is 24.9. The number of piperazine rings is 1. The van der Waals surface area contributed by atoms with Crippen molar-refractivity contribution in [2.75, 3.05) is 102 Å². The molecule has 4 amide bonds. The summed E-state index contributed by atoms with van der Waals surface area (Å²) < 4.78 is 47.8. The number of hydrogen-bond donors (Lipinski definition) is 1. The highest BCUT2D eigenvalue weighted by atomic mass is 19.1. The van der Waals surface area contributed by atoms with Crippen LogP contribution in [0.5, 0.6) is 6.01 Å². The summed E-state index contributed by atoms with van der Waals surface area (Å²) in [6.45, 7) is 12.8. The lowest BCUT2D eigenvalue weighted by molar-refractivity contribution is -0.123. The highest BCUT2D eigenvalue weighted by Gasteiger charge is 2.45. The average molecular weight is 1180 g/mol. The minimum Gasteiger partial charge on any atom is -0.467 e. The van der Waals surface area contributed by atoms with Gasteiger partial charge in [0.15, 0.2) is 5.82 Å². The van der Waals surface area contributed by atoms with Gasteiger partial charge in [-0.25, -0.2) is 18.4 Å². The number of halogens is 2. The van der Waals surface area contributed by atoms with E-state index in [1.807, 2.05) is 60.5 Å². The van der Waals surface area contributed by atoms with E-state index >= 15 is 4.39 Å². The van der Waals surface area contributed by atoms with Crippen molar-refractivity contribution in [3.05, 3.63) is 77.5 Å². The Balaban J connectivity index is 0.000000191. The van der Waals surface area contributed by atoms with Crippen LogP contribution in [0.1, 0.15) is 108 Å². The Kier molecular flexibility index (Phi) is 18.9. The summed E-state index contributed by atoms with van der Waals surface area (Å²) in [5.41, 5.74) is 2.57. The van der Waals surface area contributed by atoms with Crippen molar-refractivity contribution in [2.45, 2.75) is 133 Å². The van der Waals surface area contributed by atoms with Crippen LogP contribution in [0.25, 0.3) is 32.9 Å². The number of aldehydes is 1. The summed E-state index contributed by atoms with van der Waals surface area (Å²) >= 11 is 0. The third-order valence-corrected chi connectivity index (χ3v) is 18.2. The molecule has 6 unspecified atom stereocenters. The van der Waals surface area contributed by atoms with E-state index in [1.54, 1.807) is 24.3 Å². The van der Waals surface area contributed by atoms with Gasteiger partial charge in [0.2, 0.25) is 12.3 Å². The molecule has 8 heterocycles. The summed E-state index contributed by atoms with van der Waals surface area (Å²) in [5.74, 6) is 2.19. The molecule has 0 radical (unpaired) electrons. The number of anilines is 3. The number of aromatic nitrogens is 3. The molecule has 0 aliphatic carbocycles. The van der Waals surface area contributed by atoms with Crippen LogP contribution in [0.3, 0.4) is 0 Å². The molecular weight excluding hydrogens is 1100 g/mol. The van der Waals surface area contributed by atoms with Crippen molar-refractivity contribution in [1.82, 2.24) is 39.9 Å². The summed E-state index contributed by atoms with van der Waals surface area (Å²) in [6.07, 6.45) is 18.3. The summed E-state index contributed by atoms with van der Waals surface area (Å²) in [4.78, 5) is 89.4. The standard InChI is InChI=1S/C34H52N6O5.C31H29F2N5O3/c1-35-33(43)31(7-5-19-41)40(24-42)30-11-8-27(20-32(30)36(2)3)26-13-16-37(17-14-26)21-25-12-18-38(22-25)34(44)45-23-29-10-9-28-6-4-15-39(28)29;1-6-20-23(32)13-10-17-8-7-9-21(24(17)20)26-25(33)27-22(14-34-26)28(36-29(35-27)40-5)37-15-18-11-12-19(16-37)38(18)30(39)41-31(2,3)4/h8,11,19-20,24-26,28-29,31H,4-7,9-10,12-18,21-23H2,1-3H3,(H,35,43);1,7-10,13-14,18-19H,11-12,15-16H2,2-5H3. The minimum absolute atomic E-state index is 0.00116. The first-order valence-corrected chi connectivity index (χ1v) is 30.4. The number of piperidine rings is 1. The average Bonchev–Trinajstić information content (AvgIpc) is 1.19. The molecule has 86 heavy (non-hydrogen) atoms. The van der Waals surface area contributed by atoms with Crippen LogP contribution < -0.4 is 24.8 Å². The Bertz CT molecular complexity index is 3350. The lowest BCUT2D eigenvalue weighted by Crippen LogP contribution is -2.57. The lowest BCUT2D eigenvalue weighted by Gasteiger charge is -2.42. The number of carbonyl (C=O) groups excluding carboxylic acids is 5. The third-order valence-electron chi connectivity index (χ3n) is 18.2. The molecule has 6 saturated heterocycles. The molecule has 6 aliphatic heterocycles. The number of carbonyl (C=O) groups is 5. The van der Waals surface area contributed by atoms with E-state index < -0.39 is 23.3 Å². The molecule has 2 aromatic heterocycles. The molecular formula is C65H81F2N11O8. The van der Waals surface area contributed by atoms with E-state index in [9.17, 15) is 28.4 Å². The van der Waals surface area contributed by atoms with Crippen molar-refractivity contribution in [3.63, 3.8) is 0 Å². The number of nitrogens with zero attached hydrogens (tertiary/aromatic N) is 10. The molecule has 21 heteroatoms. The van der Waals surface area contributed by atoms with Gasteiger partial charge in [-0.05, 0) is 146 Å². The zero-order chi connectivity index (χ0) is 61.0. The van der Waals surface area contributed by atoms with Gasteiger partial charge in [-0.2, -0.15) is 9.97 Å². The van der Waals surface area contributed by atoms with Gasteiger partial charge in [0, 0.05) is 89.5 Å². The van der Waals surface area contributed by atoms with E-state index in [0.29, 0.717) is 83.3 Å². The number of pyridine rings is 1. The molecule has 0 spiro atoms. The zero-order valence-electron chi connectivity index (χ0n) is 50.6. The van der Waals surface area contributed by atoms with Crippen LogP contribution >= 0.6 is 0 Å². The lowest BCUT2D eigenvalue weighted by atomic mass is 9.88. The molecule has 3 aromatic carbocycles. The maximum absolute atomic E-state index is 16.3. The van der Waals surface area contributed by atoms with Crippen molar-refractivity contribution in [2.24, 2.45) is 5.92 Å². The van der Waals surface area contributed by atoms with Crippen LogP contribution in [-0.4, -0.2) is 188 Å². The van der Waals surface area contributed by atoms with Gasteiger partial charge in [-0.15, -0.1) is 6.42 Å². The van der Waals surface area contributed by atoms with E-state index in [-0.39, 0.29) is 65.8 Å². The molecule has 2 bridgehead atoms. The largest absolute Gasteiger partial charge is 0.467 e. The van der Waals surface area contributed by atoms with Crippen molar-refractivity contribution < 1.29 is 47.0 Å². The first kappa shape index (κ1) is 61.4. The van der Waals surface area contributed by atoms with Crippen molar-refractivity contribution >= 4 is 69.7 Å². The number of fused-ring (bicyclic) bond motifs is 5. The van der Waals surface area contributed by atoms with E-state index in [1.165, 1.54) is 56.1 Å². The fourth-order valence-corrected chi connectivity index (χ4v) is 14.0. The molecule has 0 saturated carbocycles. The number of benzene rings is 3. The highest BCUT2D eigenvalue weighted by molar-refractivity contribution is 6.02. The van der Waals surface area contributed by atoms with Gasteiger partial charge >= 0.3 is 18.2 Å². The maximum atomic E-state index is 16.3. The van der Waals surface area contributed by atoms with Crippen molar-refractivity contribution in [1.29, 1.82) is 0 Å². The molecule has 6 fully saturated rings. The van der Waals surface area contributed by atoms with E-state index in [0.717, 1.165) is 89.8 Å². The van der Waals surface area contributed by atoms with Crippen LogP contribution in [0.15, 0.2) is 54.7 Å². The molecule has 1 N–H and O–H groups in total. The van der Waals surface area contributed by atoms with Gasteiger partial charge in [-0.3, -0.25) is 24.4 Å². The summed E-state index contributed by atoms with van der Waals surface area (Å²) in [7, 11) is 6.83. The molecule has 458 valence electrons. The topological polar surface area (TPSA) is 186 Å². The first-order chi connectivity index (χ1) is 41.4. The van der Waals surface area contributed by atoms with Gasteiger partial charge in [-0.1, -0.05) is 36.3 Å². The number of terminal acetylenes is 1. The van der Waals surface area contributed by atoms with Crippen LogP contribution in [0, 0.1) is 29.9 Å². The first-order valence-electron chi connectivity index (χ1n) is 30.4. The summed E-state index contributed by atoms with van der Waals surface area (Å²) in [6, 6.07) is 14.4. The minimum atomic E-state index is -0.760. The molecule has 6 aliphatic rings. The maximum Gasteiger partial charge on any atom is 0.410 e. The smallest absolute Gasteiger partial charge is 0.410 e. The number of likely N-dealkylation sites (tertiary alicyclic amines) is 2. The predicted octanol–water partition coefficient (Wildman–Crippen LogP) is 8.78. The Morgan fingerprint density at radius 3 is 2.33 bits per heavy atom. The highest BCUT2D eigenvalue weighted by Crippen LogP contribution is 2.41. The Labute approximate surface area is 502 Å². The summed E-state index contributed by atoms with van der Waals surface area (Å²) in [5, 5.41) is 4.10. The van der Waals surface area contributed by atoms with Gasteiger partial charge in [0.1, 0.15) is 47.4 Å². The second-order valence-electron chi connectivity index (χ2n) is 24.9. The SMILES string of the molecule is C#Cc1c(F)ccc2cccc(-c3ncc4c(N5CC6CCC(C5)N6C(=O)OC(C)(C)C)nc(OC)nc4c3F)c12.CNC(=O)C(CCC=O)N(C=O)c1ccc(C2CCN(CC3CCN(C(=O)OCC4CCC5CCCN54)C3)CC2)cc1N(C)C. The fourth-order valence-electron chi connectivity index (χ4n) is 14.0. The number of amides is 4. The number of methoxy groups -OCH3 is 1. The predicted molar refractivity (Wildman–Crippen MR) is 326 cm³/mol. The Hall–Kier alpha value is -7.70. The van der Waals surface area contributed by atoms with Gasteiger partial charge in [0.05, 0.1) is 41.5 Å². The van der Waals surface area contributed by atoms with Crippen molar-refractivity contribution in [3.8, 4) is 29.6 Å². The fraction of sp³-hybridized carbons (Fsp3) is 0.538. The molecule has 11 rings (SSSR count). The number of rotatable bonds is 16. The zero-order valence-corrected chi connectivity index (χ0v) is 50.6. The second kappa shape index (κ2) is 26.5. The van der Waals surface area contributed by atoms with Gasteiger partial charge < -0.3 is 48.8 Å². The normalized spacial score (nSPS) is 21.8. The Morgan fingerprint density at radius 1 is 0.884 bits per heavy atom. The number of ether oxygens (including phenoxy) is 3. The Morgan fingerprint density at radius 2 is 1.64 bits per heavy atom. The molecule has 5 aromatic rings. The monoisotopic (exact) mass is 1180 g/mol. The van der Waals surface area contributed by atoms with Crippen LogP contribution in [-0.2, 0) is 23.9 Å². The number of hydrogen-bond acceptors (Lipinski definition) is 15. The molecule has 19 nitrogen and oxygen atoms in total. The van der Waals surface area contributed by atoms with E-state index in [4.69, 9.17) is 20.6 Å². The molecule has 6 atom stereocenters. The quantitative estimate of drug-likeness (QED) is 0.0729.